The molecule has 0 aliphatic rings. The molecule has 0 spiro atoms. The minimum Gasteiger partial charge on any atom is -0.459 e. The van der Waals surface area contributed by atoms with Gasteiger partial charge in [-0.15, -0.1) is 0 Å². The molecule has 1 atom stereocenters. The summed E-state index contributed by atoms with van der Waals surface area (Å²) in [6.07, 6.45) is 1.60. The number of fused-ring (bicyclic) bond motifs is 1. The van der Waals surface area contributed by atoms with E-state index in [9.17, 15) is 0 Å². The molecule has 3 nitrogen and oxygen atoms in total. The third kappa shape index (κ3) is 1.78. The normalized spacial score (nSPS) is 13.1. The van der Waals surface area contributed by atoms with Crippen LogP contribution < -0.4 is 5.73 Å². The molecule has 2 N–H and O–H groups in total. The van der Waals surface area contributed by atoms with Gasteiger partial charge in [-0.1, -0.05) is 18.2 Å². The summed E-state index contributed by atoms with van der Waals surface area (Å²) in [4.78, 5) is 0. The van der Waals surface area contributed by atoms with E-state index in [1.165, 1.54) is 0 Å². The number of hydrogen-bond donors (Lipinski definition) is 1. The Kier molecular flexibility index (Phi) is 2.76. The van der Waals surface area contributed by atoms with E-state index in [0.717, 1.165) is 27.9 Å². The molecule has 18 heavy (non-hydrogen) atoms. The average molecular weight is 306 g/mol. The first-order valence-corrected chi connectivity index (χ1v) is 6.43. The molecule has 0 amide bonds. The molecule has 0 bridgehead atoms. The monoisotopic (exact) mass is 305 g/mol. The van der Waals surface area contributed by atoms with Crippen molar-refractivity contribution in [3.8, 4) is 0 Å². The fraction of sp³-hybridized carbons (Fsp3) is 0.143. The summed E-state index contributed by atoms with van der Waals surface area (Å²) < 4.78 is 11.7. The van der Waals surface area contributed by atoms with E-state index < -0.39 is 0 Å². The van der Waals surface area contributed by atoms with Gasteiger partial charge in [0.1, 0.15) is 11.3 Å². The second-order valence-electron chi connectivity index (χ2n) is 4.27. The van der Waals surface area contributed by atoms with Crippen LogP contribution in [0.2, 0.25) is 0 Å². The van der Waals surface area contributed by atoms with Crippen LogP contribution in [0, 0.1) is 6.92 Å². The number of benzene rings is 1. The number of nitrogens with two attached hydrogens (primary N) is 1. The lowest BCUT2D eigenvalue weighted by Gasteiger charge is -2.05. The van der Waals surface area contributed by atoms with Gasteiger partial charge in [0, 0.05) is 10.9 Å². The molecule has 2 aromatic heterocycles. The van der Waals surface area contributed by atoms with Crippen molar-refractivity contribution in [3.05, 3.63) is 58.2 Å². The lowest BCUT2D eigenvalue weighted by atomic mass is 10.1. The van der Waals surface area contributed by atoms with Crippen molar-refractivity contribution in [2.75, 3.05) is 0 Å². The lowest BCUT2D eigenvalue weighted by Crippen LogP contribution is -2.10. The number of aryl methyl sites for hydroxylation is 1. The largest absolute Gasteiger partial charge is 0.459 e. The summed E-state index contributed by atoms with van der Waals surface area (Å²) in [6.45, 7) is 2.02. The molecule has 3 rings (SSSR count). The minimum atomic E-state index is -0.329. The summed E-state index contributed by atoms with van der Waals surface area (Å²) in [7, 11) is 0. The average Bonchev–Trinajstić information content (AvgIpc) is 2.95. The van der Waals surface area contributed by atoms with Crippen LogP contribution in [0.4, 0.5) is 0 Å². The number of para-hydroxylation sites is 1. The van der Waals surface area contributed by atoms with Gasteiger partial charge in [-0.05, 0) is 40.5 Å². The van der Waals surface area contributed by atoms with Crippen LogP contribution in [0.5, 0.6) is 0 Å². The Bertz CT molecular complexity index is 699. The maximum atomic E-state index is 6.19. The topological polar surface area (TPSA) is 52.3 Å². The highest BCUT2D eigenvalue weighted by atomic mass is 79.9. The van der Waals surface area contributed by atoms with Crippen molar-refractivity contribution in [2.24, 2.45) is 5.73 Å². The lowest BCUT2D eigenvalue weighted by molar-refractivity contribution is 0.507. The highest BCUT2D eigenvalue weighted by molar-refractivity contribution is 9.10. The van der Waals surface area contributed by atoms with E-state index in [2.05, 4.69) is 15.9 Å². The fourth-order valence-corrected chi connectivity index (χ4v) is 2.55. The first kappa shape index (κ1) is 11.6. The van der Waals surface area contributed by atoms with Gasteiger partial charge in [-0.3, -0.25) is 0 Å². The van der Waals surface area contributed by atoms with E-state index in [-0.39, 0.29) is 6.04 Å². The second-order valence-corrected chi connectivity index (χ2v) is 4.99. The van der Waals surface area contributed by atoms with Crippen molar-refractivity contribution in [3.63, 3.8) is 0 Å². The Balaban J connectivity index is 2.10. The van der Waals surface area contributed by atoms with E-state index in [1.807, 2.05) is 37.3 Å². The van der Waals surface area contributed by atoms with Crippen molar-refractivity contribution < 1.29 is 8.83 Å². The Labute approximate surface area is 113 Å². The van der Waals surface area contributed by atoms with Gasteiger partial charge in [0.15, 0.2) is 4.67 Å². The first-order chi connectivity index (χ1) is 8.66. The molecule has 1 aromatic carbocycles. The fourth-order valence-electron chi connectivity index (χ4n) is 2.06. The zero-order valence-corrected chi connectivity index (χ0v) is 11.4. The van der Waals surface area contributed by atoms with E-state index in [1.54, 1.807) is 6.26 Å². The van der Waals surface area contributed by atoms with Gasteiger partial charge in [0.25, 0.3) is 0 Å². The summed E-state index contributed by atoms with van der Waals surface area (Å²) in [5.74, 6) is 0.737. The standard InChI is InChI=1S/C14H12BrNO2/c1-8-3-2-4-9-7-11(18-13(8)9)12(16)10-5-6-17-14(10)15/h2-7,12H,16H2,1H3. The molecule has 0 fully saturated rings. The highest BCUT2D eigenvalue weighted by Crippen LogP contribution is 2.32. The molecule has 0 saturated heterocycles. The third-order valence-electron chi connectivity index (χ3n) is 3.05. The third-order valence-corrected chi connectivity index (χ3v) is 3.69. The molecule has 0 aliphatic heterocycles. The zero-order chi connectivity index (χ0) is 12.7. The Morgan fingerprint density at radius 2 is 2.11 bits per heavy atom. The maximum absolute atomic E-state index is 6.19. The first-order valence-electron chi connectivity index (χ1n) is 5.64. The Morgan fingerprint density at radius 1 is 1.28 bits per heavy atom. The molecule has 0 aliphatic carbocycles. The van der Waals surface area contributed by atoms with Crippen LogP contribution in [0.3, 0.4) is 0 Å². The SMILES string of the molecule is Cc1cccc2cc(C(N)c3ccoc3Br)oc12. The molecule has 2 heterocycles. The molecule has 4 heteroatoms. The molecule has 92 valence electrons. The maximum Gasteiger partial charge on any atom is 0.174 e. The summed E-state index contributed by atoms with van der Waals surface area (Å²) in [5, 5.41) is 1.07. The molecule has 0 radical (unpaired) electrons. The number of hydrogen-bond acceptors (Lipinski definition) is 3. The summed E-state index contributed by atoms with van der Waals surface area (Å²) >= 11 is 3.33. The van der Waals surface area contributed by atoms with Crippen molar-refractivity contribution in [1.29, 1.82) is 0 Å². The van der Waals surface area contributed by atoms with Crippen molar-refractivity contribution >= 4 is 26.9 Å². The van der Waals surface area contributed by atoms with Crippen LogP contribution in [-0.2, 0) is 0 Å². The van der Waals surface area contributed by atoms with Gasteiger partial charge in [0.2, 0.25) is 0 Å². The van der Waals surface area contributed by atoms with Gasteiger partial charge in [-0.25, -0.2) is 0 Å². The van der Waals surface area contributed by atoms with E-state index >= 15 is 0 Å². The van der Waals surface area contributed by atoms with Crippen LogP contribution in [0.25, 0.3) is 11.0 Å². The predicted molar refractivity (Wildman–Crippen MR) is 73.4 cm³/mol. The van der Waals surface area contributed by atoms with Crippen LogP contribution in [-0.4, -0.2) is 0 Å². The number of rotatable bonds is 2. The van der Waals surface area contributed by atoms with Gasteiger partial charge in [-0.2, -0.15) is 0 Å². The Morgan fingerprint density at radius 3 is 2.78 bits per heavy atom. The van der Waals surface area contributed by atoms with E-state index in [4.69, 9.17) is 14.6 Å². The molecule has 0 saturated carbocycles. The highest BCUT2D eigenvalue weighted by Gasteiger charge is 2.18. The number of furan rings is 2. The van der Waals surface area contributed by atoms with E-state index in [0.29, 0.717) is 4.67 Å². The molecule has 1 unspecified atom stereocenters. The quantitative estimate of drug-likeness (QED) is 0.774. The summed E-state index contributed by atoms with van der Waals surface area (Å²) in [5.41, 5.74) is 9.07. The second kappa shape index (κ2) is 4.30. The Hall–Kier alpha value is -1.52. The molecular formula is C14H12BrNO2. The minimum absolute atomic E-state index is 0.329. The van der Waals surface area contributed by atoms with Crippen molar-refractivity contribution in [1.82, 2.24) is 0 Å². The molecule has 3 aromatic rings. The van der Waals surface area contributed by atoms with Crippen molar-refractivity contribution in [2.45, 2.75) is 13.0 Å². The zero-order valence-electron chi connectivity index (χ0n) is 9.81. The number of halogens is 1. The van der Waals surface area contributed by atoms with Gasteiger partial charge in [0.05, 0.1) is 12.3 Å². The van der Waals surface area contributed by atoms with Gasteiger partial charge >= 0.3 is 0 Å². The summed E-state index contributed by atoms with van der Waals surface area (Å²) in [6, 6.07) is 9.55. The van der Waals surface area contributed by atoms with Gasteiger partial charge < -0.3 is 14.6 Å². The van der Waals surface area contributed by atoms with Crippen LogP contribution in [0.15, 0.2) is 50.1 Å². The smallest absolute Gasteiger partial charge is 0.174 e. The molecular weight excluding hydrogens is 294 g/mol. The van der Waals surface area contributed by atoms with Crippen LogP contribution in [0.1, 0.15) is 22.9 Å². The predicted octanol–water partition coefficient (Wildman–Crippen LogP) is 4.14. The van der Waals surface area contributed by atoms with Crippen LogP contribution >= 0.6 is 15.9 Å².